The number of hydrogen-bond donors (Lipinski definition) is 1. The molecule has 0 amide bonds. The molecule has 1 heterocycles. The van der Waals surface area contributed by atoms with Crippen molar-refractivity contribution in [3.8, 4) is 0 Å². The van der Waals surface area contributed by atoms with Crippen molar-refractivity contribution in [2.45, 2.75) is 83.8 Å². The molecule has 1 N–H and O–H groups in total. The number of ketones is 1. The van der Waals surface area contributed by atoms with Crippen molar-refractivity contribution >= 4 is 5.78 Å². The predicted molar refractivity (Wildman–Crippen MR) is 121 cm³/mol. The molecule has 5 rings (SSSR count). The fraction of sp³-hybridized carbons (Fsp3) is 0.815. The van der Waals surface area contributed by atoms with E-state index in [9.17, 15) is 11.3 Å². The first-order chi connectivity index (χ1) is 16.3. The minimum atomic E-state index is -2.06. The zero-order valence-corrected chi connectivity index (χ0v) is 19.3. The van der Waals surface area contributed by atoms with Crippen LogP contribution in [0, 0.1) is 40.4 Å². The smallest absolute Gasteiger partial charge is 0.156 e. The Morgan fingerprint density at radius 3 is 2.58 bits per heavy atom. The van der Waals surface area contributed by atoms with Crippen LogP contribution in [0.3, 0.4) is 0 Å². The van der Waals surface area contributed by atoms with Crippen LogP contribution < -0.4 is 0 Å². The molecule has 4 saturated carbocycles. The van der Waals surface area contributed by atoms with Crippen molar-refractivity contribution in [1.29, 1.82) is 0 Å². The maximum atomic E-state index is 13.6. The van der Waals surface area contributed by atoms with E-state index in [4.69, 9.17) is 8.85 Å². The van der Waals surface area contributed by atoms with E-state index in [0.717, 1.165) is 38.5 Å². The van der Waals surface area contributed by atoms with Crippen molar-refractivity contribution in [3.63, 3.8) is 0 Å². The van der Waals surface area contributed by atoms with Gasteiger partial charge < -0.3 is 14.4 Å². The first-order valence-corrected chi connectivity index (χ1v) is 12.2. The summed E-state index contributed by atoms with van der Waals surface area (Å²) in [5.74, 6) is -0.0715. The average Bonchev–Trinajstić information content (AvgIpc) is 3.46. The summed E-state index contributed by atoms with van der Waals surface area (Å²) in [6.45, 7) is 1.37. The molecule has 0 aromatic carbocycles. The minimum absolute atomic E-state index is 0.0285. The number of nitrogens with zero attached hydrogens (tertiary/aromatic N) is 1. The predicted octanol–water partition coefficient (Wildman–Crippen LogP) is 5.09. The van der Waals surface area contributed by atoms with E-state index in [1.807, 2.05) is 12.1 Å². The summed E-state index contributed by atoms with van der Waals surface area (Å²) < 4.78 is 41.2. The van der Waals surface area contributed by atoms with E-state index < -0.39 is 30.0 Å². The maximum absolute atomic E-state index is 13.6. The lowest BCUT2D eigenvalue weighted by molar-refractivity contribution is -0.164. The van der Waals surface area contributed by atoms with Crippen LogP contribution in [-0.2, 0) is 16.1 Å². The number of ether oxygens (including phenoxy) is 1. The first-order valence-electron chi connectivity index (χ1n) is 14.3. The molecule has 4 aliphatic carbocycles. The fourth-order valence-corrected chi connectivity index (χ4v) is 8.39. The highest BCUT2D eigenvalue weighted by Crippen LogP contribution is 2.68. The van der Waals surface area contributed by atoms with Crippen molar-refractivity contribution in [3.05, 3.63) is 24.5 Å². The second-order valence-electron chi connectivity index (χ2n) is 11.3. The molecule has 0 aliphatic heterocycles. The molecule has 4 heteroatoms. The Kier molecular flexibility index (Phi) is 4.33. The Morgan fingerprint density at radius 2 is 1.84 bits per heavy atom. The van der Waals surface area contributed by atoms with Gasteiger partial charge in [0, 0.05) is 26.8 Å². The Bertz CT molecular complexity index is 972. The number of hydrogen-bond acceptors (Lipinski definition) is 3. The van der Waals surface area contributed by atoms with Crippen molar-refractivity contribution in [2.24, 2.45) is 40.4 Å². The first kappa shape index (κ1) is 17.4. The van der Waals surface area contributed by atoms with Gasteiger partial charge in [-0.05, 0) is 104 Å². The molecule has 1 aromatic rings. The molecule has 1 unspecified atom stereocenters. The number of methoxy groups -OCH3 is 1. The third-order valence-corrected chi connectivity index (χ3v) is 9.99. The quantitative estimate of drug-likeness (QED) is 0.706. The van der Waals surface area contributed by atoms with E-state index in [-0.39, 0.29) is 17.1 Å². The molecular weight excluding hydrogens is 386 g/mol. The van der Waals surface area contributed by atoms with Gasteiger partial charge in [0.2, 0.25) is 0 Å². The topological polar surface area (TPSA) is 51.5 Å². The van der Waals surface area contributed by atoms with Gasteiger partial charge in [-0.2, -0.15) is 0 Å². The van der Waals surface area contributed by atoms with Gasteiger partial charge in [-0.1, -0.05) is 13.8 Å². The summed E-state index contributed by atoms with van der Waals surface area (Å²) in [5.41, 5.74) is -1.86. The lowest BCUT2D eigenvalue weighted by Gasteiger charge is -2.62. The number of fused-ring (bicyclic) bond motifs is 5. The average molecular weight is 432 g/mol. The molecule has 0 bridgehead atoms. The highest BCUT2D eigenvalue weighted by atomic mass is 16.5. The van der Waals surface area contributed by atoms with E-state index in [1.54, 1.807) is 17.0 Å². The normalized spacial score (nSPS) is 52.5. The molecule has 4 nitrogen and oxygen atoms in total. The van der Waals surface area contributed by atoms with Crippen LogP contribution in [-0.4, -0.2) is 34.7 Å². The van der Waals surface area contributed by atoms with Crippen LogP contribution in [0.15, 0.2) is 24.5 Å². The van der Waals surface area contributed by atoms with Gasteiger partial charge in [0.1, 0.15) is 0 Å². The fourth-order valence-electron chi connectivity index (χ4n) is 8.39. The van der Waals surface area contributed by atoms with Gasteiger partial charge in [-0.15, -0.1) is 0 Å². The Morgan fingerprint density at radius 1 is 1.10 bits per heavy atom. The molecule has 4 aliphatic rings. The number of Topliss-reactive ketones (excluding diaryl/α,β-unsaturated/α-hetero) is 1. The van der Waals surface area contributed by atoms with Crippen molar-refractivity contribution in [1.82, 2.24) is 4.57 Å². The van der Waals surface area contributed by atoms with E-state index >= 15 is 0 Å². The second kappa shape index (κ2) is 7.73. The van der Waals surface area contributed by atoms with Gasteiger partial charge in [-0.3, -0.25) is 4.79 Å². The van der Waals surface area contributed by atoms with Crippen LogP contribution in [0.25, 0.3) is 0 Å². The Labute approximate surface area is 193 Å². The molecule has 0 spiro atoms. The zero-order valence-electron chi connectivity index (χ0n) is 23.3. The molecule has 172 valence electrons. The molecule has 9 atom stereocenters. The standard InChI is InChI=1S/C27H41NO3/c1-25-12-13-27(30,18-31-3)16-19(25)6-7-20-21-8-9-23(26(21,2)11-10-22(20)25)24(29)17-28-14-4-5-15-28/h4-5,14-15,19-23,30H,6-13,16-18H2,1-3H3/t19-,20-,21-,22-,23+,25-,26-,27+/m0/s1/i17D,18D2,23D/t17?,19-,20-,21-,22-,23+,25-,26-,27+. The SMILES string of the molecule is [2H]C(C(=O)[C@@]1([2H])CC[C@H]2[C@@H]3CC[C@H]4C[C@@](O)(C([2H])([2H])OC)CC[C@]4(C)[C@H]3CC[C@@]21C)n1cccc1. The third kappa shape index (κ3) is 3.44. The molecule has 4 fully saturated rings. The lowest BCUT2D eigenvalue weighted by atomic mass is 9.44. The number of aromatic nitrogens is 1. The van der Waals surface area contributed by atoms with E-state index in [1.165, 1.54) is 7.11 Å². The summed E-state index contributed by atoms with van der Waals surface area (Å²) >= 11 is 0. The van der Waals surface area contributed by atoms with Crippen LogP contribution >= 0.6 is 0 Å². The molecule has 31 heavy (non-hydrogen) atoms. The number of aliphatic hydroxyl groups is 1. The number of carbonyl (C=O) groups excluding carboxylic acids is 1. The summed E-state index contributed by atoms with van der Waals surface area (Å²) in [5, 5.41) is 11.2. The Hall–Kier alpha value is -1.13. The maximum Gasteiger partial charge on any atom is 0.156 e. The lowest BCUT2D eigenvalue weighted by Crippen LogP contribution is -2.56. The minimum Gasteiger partial charge on any atom is -0.387 e. The van der Waals surface area contributed by atoms with Crippen molar-refractivity contribution < 1.29 is 20.1 Å². The van der Waals surface area contributed by atoms with Gasteiger partial charge in [0.15, 0.2) is 5.78 Å². The van der Waals surface area contributed by atoms with Gasteiger partial charge in [0.25, 0.3) is 0 Å². The van der Waals surface area contributed by atoms with E-state index in [0.29, 0.717) is 37.0 Å². The van der Waals surface area contributed by atoms with E-state index in [2.05, 4.69) is 13.8 Å². The molecular formula is C27H41NO3. The zero-order chi connectivity index (χ0) is 25.4. The van der Waals surface area contributed by atoms with Gasteiger partial charge >= 0.3 is 0 Å². The monoisotopic (exact) mass is 431 g/mol. The van der Waals surface area contributed by atoms with Gasteiger partial charge in [-0.25, -0.2) is 0 Å². The highest BCUT2D eigenvalue weighted by molar-refractivity contribution is 5.82. The van der Waals surface area contributed by atoms with Gasteiger partial charge in [0.05, 0.1) is 22.8 Å². The molecule has 1 aromatic heterocycles. The van der Waals surface area contributed by atoms with Crippen molar-refractivity contribution in [2.75, 3.05) is 13.7 Å². The van der Waals surface area contributed by atoms with Crippen LogP contribution in [0.1, 0.15) is 77.1 Å². The van der Waals surface area contributed by atoms with Crippen LogP contribution in [0.5, 0.6) is 0 Å². The summed E-state index contributed by atoms with van der Waals surface area (Å²) in [6.07, 6.45) is 10.2. The Balaban J connectivity index is 1.38. The molecule has 0 radical (unpaired) electrons. The second-order valence-corrected chi connectivity index (χ2v) is 11.3. The van der Waals surface area contributed by atoms with Crippen LogP contribution in [0.2, 0.25) is 0 Å². The highest BCUT2D eigenvalue weighted by Gasteiger charge is 2.62. The number of carbonyl (C=O) groups is 1. The summed E-state index contributed by atoms with van der Waals surface area (Å²) in [7, 11) is 1.33. The number of rotatable bonds is 5. The largest absolute Gasteiger partial charge is 0.387 e. The summed E-state index contributed by atoms with van der Waals surface area (Å²) in [4.78, 5) is 13.6. The summed E-state index contributed by atoms with van der Waals surface area (Å²) in [6, 6.07) is 3.64. The molecule has 0 saturated heterocycles. The van der Waals surface area contributed by atoms with Crippen LogP contribution in [0.4, 0.5) is 0 Å². The third-order valence-electron chi connectivity index (χ3n) is 9.99.